The van der Waals surface area contributed by atoms with Gasteiger partial charge >= 0.3 is 0 Å². The van der Waals surface area contributed by atoms with Crippen molar-refractivity contribution in [3.8, 4) is 0 Å². The SMILES string of the molecule is CC1CN(c2ccc(S(N)(=O)=O)cc2)C(c2cccc(Br)c2)=N1. The topological polar surface area (TPSA) is 75.8 Å². The molecule has 0 fully saturated rings. The highest BCUT2D eigenvalue weighted by Crippen LogP contribution is 2.25. The number of benzene rings is 2. The molecule has 120 valence electrons. The van der Waals surface area contributed by atoms with Gasteiger partial charge in [-0.2, -0.15) is 0 Å². The molecular formula is C16H16BrN3O2S. The van der Waals surface area contributed by atoms with Crippen molar-refractivity contribution in [3.05, 3.63) is 58.6 Å². The minimum Gasteiger partial charge on any atom is -0.324 e. The fourth-order valence-electron chi connectivity index (χ4n) is 2.57. The molecule has 23 heavy (non-hydrogen) atoms. The van der Waals surface area contributed by atoms with Crippen LogP contribution < -0.4 is 10.0 Å². The van der Waals surface area contributed by atoms with E-state index in [4.69, 9.17) is 10.1 Å². The number of nitrogens with zero attached hydrogens (tertiary/aromatic N) is 2. The molecule has 0 aromatic heterocycles. The summed E-state index contributed by atoms with van der Waals surface area (Å²) in [5, 5.41) is 5.15. The standard InChI is InChI=1S/C16H16BrN3O2S/c1-11-10-20(14-5-7-15(8-6-14)23(18,21)22)16(19-11)12-3-2-4-13(17)9-12/h2-9,11H,10H2,1H3,(H2,18,21,22). The number of hydrogen-bond acceptors (Lipinski definition) is 4. The highest BCUT2D eigenvalue weighted by atomic mass is 79.9. The van der Waals surface area contributed by atoms with Crippen LogP contribution >= 0.6 is 15.9 Å². The average molecular weight is 394 g/mol. The van der Waals surface area contributed by atoms with Gasteiger partial charge < -0.3 is 4.90 Å². The lowest BCUT2D eigenvalue weighted by molar-refractivity contribution is 0.598. The van der Waals surface area contributed by atoms with E-state index in [-0.39, 0.29) is 10.9 Å². The number of halogens is 1. The summed E-state index contributed by atoms with van der Waals surface area (Å²) in [7, 11) is -3.68. The molecule has 5 nitrogen and oxygen atoms in total. The Hall–Kier alpha value is -1.70. The minimum atomic E-state index is -3.68. The Morgan fingerprint density at radius 1 is 1.22 bits per heavy atom. The molecule has 0 radical (unpaired) electrons. The van der Waals surface area contributed by atoms with Crippen molar-refractivity contribution in [3.63, 3.8) is 0 Å². The molecule has 1 heterocycles. The number of aliphatic imine (C=N–C) groups is 1. The Balaban J connectivity index is 1.97. The summed E-state index contributed by atoms with van der Waals surface area (Å²) < 4.78 is 23.7. The summed E-state index contributed by atoms with van der Waals surface area (Å²) in [6.07, 6.45) is 0. The van der Waals surface area contributed by atoms with Gasteiger partial charge in [-0.1, -0.05) is 28.1 Å². The first kappa shape index (κ1) is 16.2. The van der Waals surface area contributed by atoms with Gasteiger partial charge in [-0.25, -0.2) is 13.6 Å². The van der Waals surface area contributed by atoms with Crippen LogP contribution in [-0.2, 0) is 10.0 Å². The van der Waals surface area contributed by atoms with E-state index in [1.807, 2.05) is 24.3 Å². The summed E-state index contributed by atoms with van der Waals surface area (Å²) in [4.78, 5) is 6.90. The second-order valence-corrected chi connectivity index (χ2v) is 7.94. The van der Waals surface area contributed by atoms with Crippen LogP contribution in [0.15, 0.2) is 62.9 Å². The third kappa shape index (κ3) is 3.46. The molecule has 1 aliphatic rings. The van der Waals surface area contributed by atoms with E-state index in [1.54, 1.807) is 12.1 Å². The fourth-order valence-corrected chi connectivity index (χ4v) is 3.49. The Morgan fingerprint density at radius 2 is 1.91 bits per heavy atom. The van der Waals surface area contributed by atoms with Crippen LogP contribution in [0.25, 0.3) is 0 Å². The van der Waals surface area contributed by atoms with Crippen LogP contribution in [-0.4, -0.2) is 26.8 Å². The van der Waals surface area contributed by atoms with Gasteiger partial charge in [-0.05, 0) is 43.3 Å². The average Bonchev–Trinajstić information content (AvgIpc) is 2.88. The summed E-state index contributed by atoms with van der Waals surface area (Å²) >= 11 is 3.48. The molecule has 0 saturated heterocycles. The Kier molecular flexibility index (Phi) is 4.27. The van der Waals surface area contributed by atoms with E-state index in [1.165, 1.54) is 12.1 Å². The number of hydrogen-bond donors (Lipinski definition) is 1. The van der Waals surface area contributed by atoms with Crippen molar-refractivity contribution in [2.24, 2.45) is 10.1 Å². The zero-order valence-electron chi connectivity index (χ0n) is 12.5. The second kappa shape index (κ2) is 6.07. The van der Waals surface area contributed by atoms with E-state index in [2.05, 4.69) is 27.8 Å². The van der Waals surface area contributed by atoms with Gasteiger partial charge in [0.2, 0.25) is 10.0 Å². The first-order valence-electron chi connectivity index (χ1n) is 7.09. The van der Waals surface area contributed by atoms with Crippen LogP contribution in [0.5, 0.6) is 0 Å². The summed E-state index contributed by atoms with van der Waals surface area (Å²) in [5.74, 6) is 0.877. The van der Waals surface area contributed by atoms with E-state index >= 15 is 0 Å². The van der Waals surface area contributed by atoms with Gasteiger partial charge in [0.25, 0.3) is 0 Å². The lowest BCUT2D eigenvalue weighted by atomic mass is 10.2. The minimum absolute atomic E-state index is 0.106. The van der Waals surface area contributed by atoms with Gasteiger partial charge in [-0.15, -0.1) is 0 Å². The maximum Gasteiger partial charge on any atom is 0.238 e. The lowest BCUT2D eigenvalue weighted by Gasteiger charge is -2.21. The second-order valence-electron chi connectivity index (χ2n) is 5.46. The number of rotatable bonds is 3. The van der Waals surface area contributed by atoms with Crippen LogP contribution in [0.4, 0.5) is 5.69 Å². The number of amidine groups is 1. The molecule has 2 aromatic rings. The molecule has 1 unspecified atom stereocenters. The number of sulfonamides is 1. The third-order valence-corrected chi connectivity index (χ3v) is 5.03. The van der Waals surface area contributed by atoms with Crippen molar-refractivity contribution in [1.82, 2.24) is 0 Å². The number of anilines is 1. The Morgan fingerprint density at radius 3 is 2.52 bits per heavy atom. The molecule has 7 heteroatoms. The van der Waals surface area contributed by atoms with Crippen LogP contribution in [0.3, 0.4) is 0 Å². The number of primary sulfonamides is 1. The van der Waals surface area contributed by atoms with Gasteiger partial charge in [0.1, 0.15) is 5.84 Å². The van der Waals surface area contributed by atoms with Crippen molar-refractivity contribution in [2.45, 2.75) is 17.9 Å². The van der Waals surface area contributed by atoms with Crippen molar-refractivity contribution in [1.29, 1.82) is 0 Å². The van der Waals surface area contributed by atoms with E-state index in [0.717, 1.165) is 28.1 Å². The lowest BCUT2D eigenvalue weighted by Crippen LogP contribution is -2.29. The number of nitrogens with two attached hydrogens (primary N) is 1. The van der Waals surface area contributed by atoms with Crippen LogP contribution in [0.2, 0.25) is 0 Å². The van der Waals surface area contributed by atoms with Gasteiger partial charge in [0, 0.05) is 22.3 Å². The van der Waals surface area contributed by atoms with Crippen molar-refractivity contribution >= 4 is 37.5 Å². The van der Waals surface area contributed by atoms with Crippen LogP contribution in [0, 0.1) is 0 Å². The van der Waals surface area contributed by atoms with E-state index < -0.39 is 10.0 Å². The van der Waals surface area contributed by atoms with Crippen molar-refractivity contribution < 1.29 is 8.42 Å². The molecule has 0 bridgehead atoms. The van der Waals surface area contributed by atoms with Crippen molar-refractivity contribution in [2.75, 3.05) is 11.4 Å². The zero-order chi connectivity index (χ0) is 16.6. The summed E-state index contributed by atoms with van der Waals surface area (Å²) in [6.45, 7) is 2.80. The molecule has 1 atom stereocenters. The molecule has 1 aliphatic heterocycles. The first-order chi connectivity index (χ1) is 10.8. The fraction of sp³-hybridized carbons (Fsp3) is 0.188. The van der Waals surface area contributed by atoms with Gasteiger partial charge in [0.15, 0.2) is 0 Å². The molecular weight excluding hydrogens is 378 g/mol. The highest BCUT2D eigenvalue weighted by molar-refractivity contribution is 9.10. The van der Waals surface area contributed by atoms with E-state index in [9.17, 15) is 8.42 Å². The molecule has 2 aromatic carbocycles. The molecule has 3 rings (SSSR count). The maximum atomic E-state index is 11.4. The van der Waals surface area contributed by atoms with Crippen LogP contribution in [0.1, 0.15) is 12.5 Å². The normalized spacial score (nSPS) is 18.1. The summed E-state index contributed by atoms with van der Waals surface area (Å²) in [5.41, 5.74) is 1.90. The predicted molar refractivity (Wildman–Crippen MR) is 95.3 cm³/mol. The first-order valence-corrected chi connectivity index (χ1v) is 9.43. The van der Waals surface area contributed by atoms with Gasteiger partial charge in [-0.3, -0.25) is 4.99 Å². The highest BCUT2D eigenvalue weighted by Gasteiger charge is 2.25. The molecule has 2 N–H and O–H groups in total. The summed E-state index contributed by atoms with van der Waals surface area (Å²) in [6, 6.07) is 14.7. The molecule has 0 saturated carbocycles. The molecule has 0 amide bonds. The largest absolute Gasteiger partial charge is 0.324 e. The van der Waals surface area contributed by atoms with E-state index in [0.29, 0.717) is 0 Å². The Labute approximate surface area is 144 Å². The van der Waals surface area contributed by atoms with Gasteiger partial charge in [0.05, 0.1) is 10.9 Å². The maximum absolute atomic E-state index is 11.4. The zero-order valence-corrected chi connectivity index (χ0v) is 14.9. The monoisotopic (exact) mass is 393 g/mol. The third-order valence-electron chi connectivity index (χ3n) is 3.60. The Bertz CT molecular complexity index is 863. The smallest absolute Gasteiger partial charge is 0.238 e. The molecule has 0 aliphatic carbocycles. The molecule has 0 spiro atoms. The predicted octanol–water partition coefficient (Wildman–Crippen LogP) is 2.75. The quantitative estimate of drug-likeness (QED) is 0.870.